The van der Waals surface area contributed by atoms with Crippen molar-refractivity contribution in [3.8, 4) is 0 Å². The van der Waals surface area contributed by atoms with Crippen LogP contribution in [0.15, 0.2) is 0 Å². The highest BCUT2D eigenvalue weighted by Crippen LogP contribution is 2.41. The van der Waals surface area contributed by atoms with Gasteiger partial charge < -0.3 is 13.3 Å². The second kappa shape index (κ2) is 8.52. The molecule has 3 unspecified atom stereocenters. The minimum atomic E-state index is -2.75. The van der Waals surface area contributed by atoms with Crippen LogP contribution in [0.2, 0.25) is 5.04 Å². The summed E-state index contributed by atoms with van der Waals surface area (Å²) < 4.78 is 19.2. The van der Waals surface area contributed by atoms with E-state index in [0.717, 1.165) is 19.3 Å². The van der Waals surface area contributed by atoms with Gasteiger partial charge in [0, 0.05) is 23.4 Å². The maximum Gasteiger partial charge on any atom is 0.507 e. The Morgan fingerprint density at radius 2 is 0.950 bits per heavy atom. The first kappa shape index (κ1) is 20.1. The third kappa shape index (κ3) is 5.84. The Kier molecular flexibility index (Phi) is 8.56. The van der Waals surface area contributed by atoms with E-state index in [2.05, 4.69) is 62.3 Å². The molecule has 4 heteroatoms. The van der Waals surface area contributed by atoms with Crippen molar-refractivity contribution in [3.05, 3.63) is 0 Å². The molecule has 0 radical (unpaired) electrons. The third-order valence-electron chi connectivity index (χ3n) is 3.71. The Balaban J connectivity index is 5.39. The van der Waals surface area contributed by atoms with E-state index < -0.39 is 8.80 Å². The fourth-order valence-electron chi connectivity index (χ4n) is 1.66. The molecular weight excluding hydrogens is 268 g/mol. The second-order valence-electron chi connectivity index (χ2n) is 6.82. The first-order valence-electron chi connectivity index (χ1n) is 8.15. The van der Waals surface area contributed by atoms with Gasteiger partial charge in [0.2, 0.25) is 0 Å². The van der Waals surface area contributed by atoms with Gasteiger partial charge in [-0.2, -0.15) is 0 Å². The Morgan fingerprint density at radius 3 is 1.10 bits per heavy atom. The quantitative estimate of drug-likeness (QED) is 0.550. The van der Waals surface area contributed by atoms with Gasteiger partial charge in [-0.05, 0) is 40.0 Å². The summed E-state index contributed by atoms with van der Waals surface area (Å²) in [6, 6.07) is 0. The van der Waals surface area contributed by atoms with E-state index in [1.54, 1.807) is 0 Å². The van der Waals surface area contributed by atoms with E-state index in [0.29, 0.717) is 0 Å². The molecule has 0 aromatic rings. The van der Waals surface area contributed by atoms with Crippen molar-refractivity contribution in [1.82, 2.24) is 0 Å². The van der Waals surface area contributed by atoms with Crippen LogP contribution in [0.1, 0.15) is 81.6 Å². The van der Waals surface area contributed by atoms with Gasteiger partial charge in [0.1, 0.15) is 0 Å². The number of hydrogen-bond donors (Lipinski definition) is 0. The van der Waals surface area contributed by atoms with Gasteiger partial charge in [-0.3, -0.25) is 0 Å². The summed E-state index contributed by atoms with van der Waals surface area (Å²) in [5, 5.41) is -0.122. The lowest BCUT2D eigenvalue weighted by Gasteiger charge is -2.43. The van der Waals surface area contributed by atoms with Crippen LogP contribution in [0, 0.1) is 0 Å². The van der Waals surface area contributed by atoms with E-state index in [1.165, 1.54) is 0 Å². The molecule has 20 heavy (non-hydrogen) atoms. The zero-order valence-corrected chi connectivity index (χ0v) is 16.1. The monoisotopic (exact) mass is 304 g/mol. The molecule has 0 aromatic heterocycles. The summed E-state index contributed by atoms with van der Waals surface area (Å²) in [5.41, 5.74) is 0. The Morgan fingerprint density at radius 1 is 0.700 bits per heavy atom. The molecule has 0 aliphatic rings. The van der Waals surface area contributed by atoms with Gasteiger partial charge in [-0.25, -0.2) is 0 Å². The van der Waals surface area contributed by atoms with Gasteiger partial charge >= 0.3 is 8.80 Å². The zero-order valence-electron chi connectivity index (χ0n) is 15.1. The summed E-state index contributed by atoms with van der Waals surface area (Å²) in [7, 11) is -2.75. The molecule has 122 valence electrons. The molecule has 0 bridgehead atoms. The van der Waals surface area contributed by atoms with Crippen LogP contribution in [0.25, 0.3) is 0 Å². The van der Waals surface area contributed by atoms with E-state index in [4.69, 9.17) is 13.3 Å². The Labute approximate surface area is 127 Å². The van der Waals surface area contributed by atoms with E-state index >= 15 is 0 Å². The normalized spacial score (nSPS) is 20.2. The average molecular weight is 305 g/mol. The van der Waals surface area contributed by atoms with Crippen LogP contribution in [-0.2, 0) is 13.3 Å². The lowest BCUT2D eigenvalue weighted by Crippen LogP contribution is -2.57. The summed E-state index contributed by atoms with van der Waals surface area (Å²) in [6.07, 6.45) is 3.40. The Hall–Kier alpha value is 0.0969. The van der Waals surface area contributed by atoms with Gasteiger partial charge in [0.15, 0.2) is 0 Å². The first-order chi connectivity index (χ1) is 9.11. The maximum atomic E-state index is 6.39. The molecule has 0 saturated heterocycles. The molecule has 0 rings (SSSR count). The molecule has 3 atom stereocenters. The minimum absolute atomic E-state index is 0.122. The summed E-state index contributed by atoms with van der Waals surface area (Å²) >= 11 is 0. The predicted octanol–water partition coefficient (Wildman–Crippen LogP) is 5.17. The summed E-state index contributed by atoms with van der Waals surface area (Å²) in [4.78, 5) is 0. The van der Waals surface area contributed by atoms with Crippen molar-refractivity contribution in [2.24, 2.45) is 0 Å². The lowest BCUT2D eigenvalue weighted by molar-refractivity contribution is -0.0259. The molecule has 3 nitrogen and oxygen atoms in total. The standard InChI is InChI=1S/C16H36O3Si/c1-10-13(4)17-20(16(7,8)9,18-14(5)11-2)19-15(6)12-3/h13-15H,10-12H2,1-9H3. The molecule has 0 amide bonds. The number of hydrogen-bond acceptors (Lipinski definition) is 3. The number of rotatable bonds is 9. The van der Waals surface area contributed by atoms with Crippen LogP contribution in [-0.4, -0.2) is 27.1 Å². The van der Waals surface area contributed by atoms with Crippen LogP contribution < -0.4 is 0 Å². The summed E-state index contributed by atoms with van der Waals surface area (Å²) in [6.45, 7) is 19.2. The fraction of sp³-hybridized carbons (Fsp3) is 1.00. The van der Waals surface area contributed by atoms with E-state index in [1.807, 2.05) is 0 Å². The van der Waals surface area contributed by atoms with E-state index in [9.17, 15) is 0 Å². The lowest BCUT2D eigenvalue weighted by atomic mass is 10.3. The molecule has 0 N–H and O–H groups in total. The van der Waals surface area contributed by atoms with E-state index in [-0.39, 0.29) is 23.4 Å². The van der Waals surface area contributed by atoms with Crippen LogP contribution in [0.3, 0.4) is 0 Å². The molecule has 0 saturated carbocycles. The van der Waals surface area contributed by atoms with Gasteiger partial charge in [-0.1, -0.05) is 41.5 Å². The maximum absolute atomic E-state index is 6.39. The van der Waals surface area contributed by atoms with Crippen LogP contribution in [0.5, 0.6) is 0 Å². The van der Waals surface area contributed by atoms with Gasteiger partial charge in [0.25, 0.3) is 0 Å². The van der Waals surface area contributed by atoms with Crippen LogP contribution >= 0.6 is 0 Å². The van der Waals surface area contributed by atoms with Crippen molar-refractivity contribution < 1.29 is 13.3 Å². The molecule has 0 aromatic carbocycles. The zero-order chi connectivity index (χ0) is 16.0. The average Bonchev–Trinajstić information content (AvgIpc) is 2.36. The minimum Gasteiger partial charge on any atom is -0.370 e. The van der Waals surface area contributed by atoms with Crippen molar-refractivity contribution in [1.29, 1.82) is 0 Å². The third-order valence-corrected chi connectivity index (χ3v) is 7.69. The molecule has 0 aliphatic carbocycles. The molecule has 0 fully saturated rings. The largest absolute Gasteiger partial charge is 0.507 e. The SMILES string of the molecule is CCC(C)O[Si](OC(C)CC)(OC(C)CC)C(C)(C)C. The second-order valence-corrected chi connectivity index (χ2v) is 10.1. The first-order valence-corrected chi connectivity index (χ1v) is 9.87. The van der Waals surface area contributed by atoms with Crippen molar-refractivity contribution in [3.63, 3.8) is 0 Å². The smallest absolute Gasteiger partial charge is 0.370 e. The highest BCUT2D eigenvalue weighted by Gasteiger charge is 2.55. The molecule has 0 heterocycles. The van der Waals surface area contributed by atoms with Crippen molar-refractivity contribution >= 4 is 8.80 Å². The van der Waals surface area contributed by atoms with Crippen molar-refractivity contribution in [2.45, 2.75) is 105 Å². The topological polar surface area (TPSA) is 27.7 Å². The molecule has 0 spiro atoms. The summed E-state index contributed by atoms with van der Waals surface area (Å²) in [5.74, 6) is 0. The highest BCUT2D eigenvalue weighted by atomic mass is 28.4. The fourth-order valence-corrected chi connectivity index (χ4v) is 4.97. The molecule has 0 aliphatic heterocycles. The molecular formula is C16H36O3Si. The van der Waals surface area contributed by atoms with Crippen molar-refractivity contribution in [2.75, 3.05) is 0 Å². The van der Waals surface area contributed by atoms with Gasteiger partial charge in [-0.15, -0.1) is 0 Å². The van der Waals surface area contributed by atoms with Gasteiger partial charge in [0.05, 0.1) is 0 Å². The predicted molar refractivity (Wildman–Crippen MR) is 88.0 cm³/mol. The highest BCUT2D eigenvalue weighted by molar-refractivity contribution is 6.64. The van der Waals surface area contributed by atoms with Crippen LogP contribution in [0.4, 0.5) is 0 Å². The Bertz CT molecular complexity index is 232.